The van der Waals surface area contributed by atoms with Crippen molar-refractivity contribution in [2.45, 2.75) is 32.2 Å². The number of rotatable bonds is 9. The van der Waals surface area contributed by atoms with Crippen molar-refractivity contribution in [1.82, 2.24) is 9.88 Å². The third-order valence-electron chi connectivity index (χ3n) is 5.19. The Kier molecular flexibility index (Phi) is 6.69. The monoisotopic (exact) mass is 398 g/mol. The predicted octanol–water partition coefficient (Wildman–Crippen LogP) is 3.14. The summed E-state index contributed by atoms with van der Waals surface area (Å²) >= 11 is 0. The van der Waals surface area contributed by atoms with Gasteiger partial charge in [0.15, 0.2) is 6.61 Å². The van der Waals surface area contributed by atoms with Crippen molar-refractivity contribution in [2.75, 3.05) is 20.3 Å². The molecular weight excluding hydrogens is 372 g/mol. The van der Waals surface area contributed by atoms with Gasteiger partial charge in [-0.1, -0.05) is 25.5 Å². The lowest BCUT2D eigenvalue weighted by Gasteiger charge is -2.28. The molecule has 154 valence electrons. The number of nitrogens with one attached hydrogen (secondary N) is 1. The van der Waals surface area contributed by atoms with Crippen LogP contribution < -0.4 is 4.74 Å². The molecule has 1 aliphatic rings. The molecule has 1 N–H and O–H groups in total. The Bertz CT molecular complexity index is 845. The maximum absolute atomic E-state index is 12.8. The Hall–Kier alpha value is -3.09. The number of unbranched alkanes of at least 4 members (excludes halogenated alkanes) is 1. The zero-order valence-electron chi connectivity index (χ0n) is 16.7. The molecule has 1 saturated heterocycles. The van der Waals surface area contributed by atoms with Gasteiger partial charge in [-0.15, -0.1) is 0 Å². The molecule has 0 saturated carbocycles. The predicted molar refractivity (Wildman–Crippen MR) is 107 cm³/mol. The molecule has 0 spiro atoms. The van der Waals surface area contributed by atoms with Crippen molar-refractivity contribution in [3.63, 3.8) is 0 Å². The molecule has 0 radical (unpaired) electrons. The summed E-state index contributed by atoms with van der Waals surface area (Å²) < 4.78 is 10.5. The van der Waals surface area contributed by atoms with E-state index in [0.29, 0.717) is 18.0 Å². The van der Waals surface area contributed by atoms with E-state index in [2.05, 4.69) is 11.9 Å². The van der Waals surface area contributed by atoms with Crippen molar-refractivity contribution in [3.05, 3.63) is 53.9 Å². The van der Waals surface area contributed by atoms with Gasteiger partial charge in [-0.25, -0.2) is 0 Å². The summed E-state index contributed by atoms with van der Waals surface area (Å²) in [5.74, 6) is -0.857. The molecule has 0 aliphatic carbocycles. The first kappa shape index (κ1) is 20.6. The van der Waals surface area contributed by atoms with Gasteiger partial charge in [0.2, 0.25) is 11.7 Å². The summed E-state index contributed by atoms with van der Waals surface area (Å²) in [5, 5.41) is 0. The van der Waals surface area contributed by atoms with Crippen LogP contribution in [0.2, 0.25) is 0 Å². The number of esters is 1. The zero-order chi connectivity index (χ0) is 20.8. The highest BCUT2D eigenvalue weighted by molar-refractivity contribution is 5.97. The van der Waals surface area contributed by atoms with Crippen LogP contribution in [0.5, 0.6) is 5.75 Å². The molecular formula is C22H26N2O5. The van der Waals surface area contributed by atoms with Gasteiger partial charge in [0.1, 0.15) is 5.75 Å². The summed E-state index contributed by atoms with van der Waals surface area (Å²) in [7, 11) is 1.59. The smallest absolute Gasteiger partial charge is 0.312 e. The van der Waals surface area contributed by atoms with Crippen LogP contribution >= 0.6 is 0 Å². The number of likely N-dealkylation sites (tertiary alicyclic amines) is 1. The van der Waals surface area contributed by atoms with Gasteiger partial charge < -0.3 is 19.4 Å². The van der Waals surface area contributed by atoms with Crippen LogP contribution in [0.25, 0.3) is 0 Å². The van der Waals surface area contributed by atoms with Crippen molar-refractivity contribution < 1.29 is 23.9 Å². The number of hydrogen-bond donors (Lipinski definition) is 1. The fourth-order valence-electron chi connectivity index (χ4n) is 3.63. The van der Waals surface area contributed by atoms with Crippen LogP contribution in [0, 0.1) is 5.92 Å². The van der Waals surface area contributed by atoms with Gasteiger partial charge in [-0.05, 0) is 36.2 Å². The number of hydrogen-bond acceptors (Lipinski definition) is 5. The average molecular weight is 398 g/mol. The second kappa shape index (κ2) is 9.41. The number of aromatic amines is 1. The molecule has 3 rings (SSSR count). The third kappa shape index (κ3) is 4.67. The molecule has 1 amide bonds. The molecule has 2 atom stereocenters. The second-order valence-electron chi connectivity index (χ2n) is 7.08. The van der Waals surface area contributed by atoms with E-state index in [1.807, 2.05) is 24.3 Å². The number of H-pyrrole nitrogens is 1. The molecule has 7 heteroatoms. The van der Waals surface area contributed by atoms with Crippen LogP contribution in [-0.4, -0.2) is 47.8 Å². The highest BCUT2D eigenvalue weighted by Gasteiger charge is 2.45. The van der Waals surface area contributed by atoms with Crippen LogP contribution in [0.3, 0.4) is 0 Å². The molecule has 29 heavy (non-hydrogen) atoms. The number of nitrogens with zero attached hydrogens (tertiary/aromatic N) is 1. The minimum atomic E-state index is -0.649. The minimum absolute atomic E-state index is 0.0723. The molecule has 1 fully saturated rings. The molecule has 2 aromatic rings. The lowest BCUT2D eigenvalue weighted by Crippen LogP contribution is -2.32. The number of Topliss-reactive ketones (excluding diaryl/α,β-unsaturated/α-hetero) is 1. The number of carbonyl (C=O) groups is 3. The number of carbonyl (C=O) groups excluding carboxylic acids is 3. The zero-order valence-corrected chi connectivity index (χ0v) is 16.7. The van der Waals surface area contributed by atoms with E-state index in [0.717, 1.165) is 18.4 Å². The standard InChI is InChI=1S/C22H26N2O5/c1-3-4-12-24-20(26)13-17(21(24)15-7-9-16(28-2)10-8-15)22(27)29-14-19(25)18-6-5-11-23-18/h5-11,17,21,23H,3-4,12-14H2,1-2H3. The molecule has 2 unspecified atom stereocenters. The molecule has 0 bridgehead atoms. The summed E-state index contributed by atoms with van der Waals surface area (Å²) in [6.45, 7) is 2.28. The number of amides is 1. The van der Waals surface area contributed by atoms with Gasteiger partial charge in [0, 0.05) is 19.2 Å². The van der Waals surface area contributed by atoms with E-state index < -0.39 is 17.9 Å². The molecule has 7 nitrogen and oxygen atoms in total. The molecule has 1 aliphatic heterocycles. The number of benzene rings is 1. The summed E-state index contributed by atoms with van der Waals surface area (Å²) in [6.07, 6.45) is 3.51. The van der Waals surface area contributed by atoms with Crippen LogP contribution in [0.4, 0.5) is 0 Å². The number of ether oxygens (including phenoxy) is 2. The highest BCUT2D eigenvalue weighted by atomic mass is 16.5. The Morgan fingerprint density at radius 3 is 2.59 bits per heavy atom. The van der Waals surface area contributed by atoms with Crippen molar-refractivity contribution in [1.29, 1.82) is 0 Å². The van der Waals surface area contributed by atoms with Gasteiger partial charge in [-0.3, -0.25) is 14.4 Å². The Morgan fingerprint density at radius 1 is 1.21 bits per heavy atom. The summed E-state index contributed by atoms with van der Waals surface area (Å²) in [5.41, 5.74) is 1.24. The van der Waals surface area contributed by atoms with E-state index >= 15 is 0 Å². The SMILES string of the molecule is CCCCN1C(=O)CC(C(=O)OCC(=O)c2ccc[nH]2)C1c1ccc(OC)cc1. The lowest BCUT2D eigenvalue weighted by molar-refractivity contribution is -0.148. The van der Waals surface area contributed by atoms with Crippen LogP contribution in [0.15, 0.2) is 42.6 Å². The maximum atomic E-state index is 12.8. The third-order valence-corrected chi connectivity index (χ3v) is 5.19. The van der Waals surface area contributed by atoms with Gasteiger partial charge in [-0.2, -0.15) is 0 Å². The van der Waals surface area contributed by atoms with Gasteiger partial charge >= 0.3 is 5.97 Å². The topological polar surface area (TPSA) is 88.7 Å². The Balaban J connectivity index is 1.77. The van der Waals surface area contributed by atoms with Gasteiger partial charge in [0.25, 0.3) is 0 Å². The fourth-order valence-corrected chi connectivity index (χ4v) is 3.63. The Morgan fingerprint density at radius 2 is 1.97 bits per heavy atom. The van der Waals surface area contributed by atoms with Crippen molar-refractivity contribution in [3.8, 4) is 5.75 Å². The first-order chi connectivity index (χ1) is 14.0. The average Bonchev–Trinajstić information content (AvgIpc) is 3.38. The largest absolute Gasteiger partial charge is 0.497 e. The number of ketones is 1. The molecule has 2 heterocycles. The van der Waals surface area contributed by atoms with E-state index in [1.165, 1.54) is 0 Å². The van der Waals surface area contributed by atoms with E-state index in [4.69, 9.17) is 9.47 Å². The first-order valence-electron chi connectivity index (χ1n) is 9.81. The van der Waals surface area contributed by atoms with Crippen molar-refractivity contribution >= 4 is 17.7 Å². The fraction of sp³-hybridized carbons (Fsp3) is 0.409. The van der Waals surface area contributed by atoms with Crippen LogP contribution in [-0.2, 0) is 14.3 Å². The molecule has 1 aromatic carbocycles. The van der Waals surface area contributed by atoms with Crippen LogP contribution in [0.1, 0.15) is 48.3 Å². The molecule has 1 aromatic heterocycles. The van der Waals surface area contributed by atoms with E-state index in [1.54, 1.807) is 30.3 Å². The van der Waals surface area contributed by atoms with E-state index in [9.17, 15) is 14.4 Å². The van der Waals surface area contributed by atoms with E-state index in [-0.39, 0.29) is 24.7 Å². The second-order valence-corrected chi connectivity index (χ2v) is 7.08. The minimum Gasteiger partial charge on any atom is -0.497 e. The highest BCUT2D eigenvalue weighted by Crippen LogP contribution is 2.39. The first-order valence-corrected chi connectivity index (χ1v) is 9.81. The summed E-state index contributed by atoms with van der Waals surface area (Å²) in [4.78, 5) is 42.1. The summed E-state index contributed by atoms with van der Waals surface area (Å²) in [6, 6.07) is 10.3. The number of methoxy groups -OCH3 is 1. The maximum Gasteiger partial charge on any atom is 0.312 e. The Labute approximate surface area is 170 Å². The normalized spacial score (nSPS) is 18.7. The number of aromatic nitrogens is 1. The van der Waals surface area contributed by atoms with Gasteiger partial charge in [0.05, 0.1) is 24.8 Å². The van der Waals surface area contributed by atoms with Crippen molar-refractivity contribution in [2.24, 2.45) is 5.92 Å². The lowest BCUT2D eigenvalue weighted by atomic mass is 9.93. The quantitative estimate of drug-likeness (QED) is 0.518.